The van der Waals surface area contributed by atoms with Gasteiger partial charge in [-0.3, -0.25) is 18.6 Å². The third-order valence-corrected chi connectivity index (χ3v) is 9.89. The minimum Gasteiger partial charge on any atom is -0.341 e. The van der Waals surface area contributed by atoms with Crippen LogP contribution in [0.15, 0.2) is 71.6 Å². The molecule has 0 bridgehead atoms. The van der Waals surface area contributed by atoms with Crippen molar-refractivity contribution in [1.82, 2.24) is 19.2 Å². The van der Waals surface area contributed by atoms with Gasteiger partial charge in [-0.2, -0.15) is 0 Å². The van der Waals surface area contributed by atoms with Crippen LogP contribution in [0.25, 0.3) is 0 Å². The van der Waals surface area contributed by atoms with Crippen LogP contribution in [0, 0.1) is 0 Å². The van der Waals surface area contributed by atoms with Crippen LogP contribution < -0.4 is 14.8 Å². The molecule has 14 heteroatoms. The lowest BCUT2D eigenvalue weighted by atomic mass is 10.0. The number of halogens is 3. The molecule has 3 heterocycles. The Kier molecular flexibility index (Phi) is 9.10. The summed E-state index contributed by atoms with van der Waals surface area (Å²) in [6, 6.07) is 8.39. The summed E-state index contributed by atoms with van der Waals surface area (Å²) in [6.07, 6.45) is 9.35. The van der Waals surface area contributed by atoms with E-state index in [1.54, 1.807) is 45.9 Å². The monoisotopic (exact) mass is 653 g/mol. The lowest BCUT2D eigenvalue weighted by Crippen LogP contribution is -2.51. The molecule has 1 fully saturated rings. The number of carbonyl (C=O) groups is 2. The number of benzene rings is 2. The van der Waals surface area contributed by atoms with Gasteiger partial charge in [0.2, 0.25) is 5.91 Å². The highest BCUT2D eigenvalue weighted by molar-refractivity contribution is 7.97. The standard InChI is InChI=1S/C27H26Cl3N5O4S2/c28-18-7-8-19(22(15-18)33-41(38,39)25-5-4-12-35-24(25)16-31-40-35)26(36)32-23(27(37)34-10-2-1-3-11-34)14-17-6-9-20(29)21(30)13-17/h4-9,12-13,15-16,23,31,33H,1-3,10-11,14H2,(H,32,36)/t23-/m0/s1. The number of carbonyl (C=O) groups excluding carboxylic acids is 2. The summed E-state index contributed by atoms with van der Waals surface area (Å²) in [5.41, 5.74) is 1.15. The Labute approximate surface area is 257 Å². The van der Waals surface area contributed by atoms with Crippen LogP contribution >= 0.6 is 46.9 Å². The molecular formula is C27H26Cl3N5O4S2. The van der Waals surface area contributed by atoms with Gasteiger partial charge >= 0.3 is 0 Å². The molecule has 0 aliphatic carbocycles. The molecule has 3 aliphatic heterocycles. The number of amides is 2. The maximum Gasteiger partial charge on any atom is 0.264 e. The molecule has 5 rings (SSSR count). The van der Waals surface area contributed by atoms with Gasteiger partial charge in [0.05, 0.1) is 39.1 Å². The molecule has 2 amide bonds. The first kappa shape index (κ1) is 29.7. The quantitative estimate of drug-likeness (QED) is 0.324. The smallest absolute Gasteiger partial charge is 0.264 e. The van der Waals surface area contributed by atoms with Gasteiger partial charge < -0.3 is 14.9 Å². The lowest BCUT2D eigenvalue weighted by Gasteiger charge is -2.31. The van der Waals surface area contributed by atoms with E-state index in [9.17, 15) is 18.0 Å². The Morgan fingerprint density at radius 2 is 1.80 bits per heavy atom. The van der Waals surface area contributed by atoms with Crippen molar-refractivity contribution in [2.24, 2.45) is 0 Å². The number of piperidine rings is 1. The first-order valence-corrected chi connectivity index (χ1v) is 16.2. The van der Waals surface area contributed by atoms with Crippen molar-refractivity contribution in [2.45, 2.75) is 31.7 Å². The van der Waals surface area contributed by atoms with Crippen LogP contribution in [0.4, 0.5) is 5.69 Å². The molecule has 41 heavy (non-hydrogen) atoms. The molecule has 1 saturated heterocycles. The van der Waals surface area contributed by atoms with Crippen molar-refractivity contribution in [3.63, 3.8) is 0 Å². The molecule has 3 N–H and O–H groups in total. The Morgan fingerprint density at radius 3 is 2.56 bits per heavy atom. The minimum absolute atomic E-state index is 0.0141. The van der Waals surface area contributed by atoms with E-state index in [4.69, 9.17) is 34.8 Å². The maximum atomic E-state index is 13.7. The molecule has 0 saturated carbocycles. The Hall–Kier alpha value is -2.83. The van der Waals surface area contributed by atoms with Gasteiger partial charge in [0.25, 0.3) is 15.9 Å². The summed E-state index contributed by atoms with van der Waals surface area (Å²) in [5, 5.41) is 3.78. The van der Waals surface area contributed by atoms with Crippen LogP contribution in [0.1, 0.15) is 35.2 Å². The van der Waals surface area contributed by atoms with Crippen LogP contribution in [0.2, 0.25) is 15.1 Å². The summed E-state index contributed by atoms with van der Waals surface area (Å²) in [6.45, 7) is 1.20. The number of rotatable bonds is 8. The number of hydrogen-bond donors (Lipinski definition) is 3. The van der Waals surface area contributed by atoms with Gasteiger partial charge in [0.15, 0.2) is 0 Å². The summed E-state index contributed by atoms with van der Waals surface area (Å²) in [5.74, 6) is -0.858. The minimum atomic E-state index is -4.13. The van der Waals surface area contributed by atoms with E-state index in [0.717, 1.165) is 19.3 Å². The van der Waals surface area contributed by atoms with Gasteiger partial charge in [-0.25, -0.2) is 8.42 Å². The molecule has 0 radical (unpaired) electrons. The first-order chi connectivity index (χ1) is 19.6. The van der Waals surface area contributed by atoms with Crippen LogP contribution in [0.5, 0.6) is 0 Å². The predicted octanol–water partition coefficient (Wildman–Crippen LogP) is 5.46. The van der Waals surface area contributed by atoms with Crippen molar-refractivity contribution in [1.29, 1.82) is 0 Å². The largest absolute Gasteiger partial charge is 0.341 e. The number of sulfonamides is 1. The average Bonchev–Trinajstić information content (AvgIpc) is 3.43. The Balaban J connectivity index is 1.42. The molecule has 9 nitrogen and oxygen atoms in total. The average molecular weight is 655 g/mol. The Bertz CT molecular complexity index is 1570. The fourth-order valence-corrected chi connectivity index (χ4v) is 7.20. The lowest BCUT2D eigenvalue weighted by molar-refractivity contribution is -0.134. The topological polar surface area (TPSA) is 111 Å². The van der Waals surface area contributed by atoms with Crippen molar-refractivity contribution in [3.05, 3.63) is 97.7 Å². The normalized spacial score (nSPS) is 17.2. The van der Waals surface area contributed by atoms with Gasteiger partial charge in [0.1, 0.15) is 10.9 Å². The molecule has 3 aliphatic rings. The third-order valence-electron chi connectivity index (χ3n) is 6.76. The summed E-state index contributed by atoms with van der Waals surface area (Å²) in [4.78, 5) is 29.0. The third kappa shape index (κ3) is 6.81. The van der Waals surface area contributed by atoms with Crippen LogP contribution in [-0.2, 0) is 21.2 Å². The van der Waals surface area contributed by atoms with E-state index in [1.165, 1.54) is 36.4 Å². The summed E-state index contributed by atoms with van der Waals surface area (Å²) in [7, 11) is -4.13. The summed E-state index contributed by atoms with van der Waals surface area (Å²) >= 11 is 19.7. The number of likely N-dealkylation sites (tertiary alicyclic amines) is 1. The zero-order chi connectivity index (χ0) is 29.1. The second-order valence-electron chi connectivity index (χ2n) is 9.60. The number of nitrogens with one attached hydrogen (secondary N) is 3. The van der Waals surface area contributed by atoms with Gasteiger partial charge in [-0.1, -0.05) is 40.9 Å². The van der Waals surface area contributed by atoms with E-state index in [-0.39, 0.29) is 33.5 Å². The van der Waals surface area contributed by atoms with Crippen molar-refractivity contribution >= 4 is 74.5 Å². The van der Waals surface area contributed by atoms with Crippen LogP contribution in [-0.4, -0.2) is 48.6 Å². The van der Waals surface area contributed by atoms with Crippen molar-refractivity contribution in [3.8, 4) is 0 Å². The zero-order valence-electron chi connectivity index (χ0n) is 21.6. The number of nitrogens with zero attached hydrogens (tertiary/aromatic N) is 2. The maximum absolute atomic E-state index is 13.7. The fraction of sp³-hybridized carbons (Fsp3) is 0.259. The van der Waals surface area contributed by atoms with Crippen LogP contribution in [0.3, 0.4) is 0 Å². The van der Waals surface area contributed by atoms with Gasteiger partial charge in [-0.15, -0.1) is 0 Å². The van der Waals surface area contributed by atoms with Crippen molar-refractivity contribution < 1.29 is 18.0 Å². The van der Waals surface area contributed by atoms with E-state index in [0.29, 0.717) is 34.4 Å². The highest BCUT2D eigenvalue weighted by Gasteiger charge is 2.32. The summed E-state index contributed by atoms with van der Waals surface area (Å²) < 4.78 is 34.0. The number of hydrogen-bond acceptors (Lipinski definition) is 7. The number of allylic oxidation sites excluding steroid dienone is 2. The second kappa shape index (κ2) is 12.6. The SMILES string of the molecule is O=C(N[C@@H](Cc1ccc(Cl)c(Cl)c1)C(=O)N1CCCCC1)c1ccc(Cl)cc1NS(=O)(=O)C1=CC=CN2SNC=C12. The van der Waals surface area contributed by atoms with E-state index in [2.05, 4.69) is 14.8 Å². The fourth-order valence-electron chi connectivity index (χ4n) is 4.74. The van der Waals surface area contributed by atoms with Gasteiger partial charge in [0, 0.05) is 36.9 Å². The molecule has 0 aromatic heterocycles. The molecule has 2 aromatic rings. The molecule has 1 atom stereocenters. The predicted molar refractivity (Wildman–Crippen MR) is 164 cm³/mol. The zero-order valence-corrected chi connectivity index (χ0v) is 25.5. The molecule has 2 aromatic carbocycles. The molecular weight excluding hydrogens is 629 g/mol. The van der Waals surface area contributed by atoms with E-state index < -0.39 is 22.0 Å². The number of fused-ring (bicyclic) bond motifs is 1. The highest BCUT2D eigenvalue weighted by atomic mass is 35.5. The first-order valence-electron chi connectivity index (χ1n) is 12.8. The Morgan fingerprint density at radius 1 is 1.02 bits per heavy atom. The highest BCUT2D eigenvalue weighted by Crippen LogP contribution is 2.34. The molecule has 0 unspecified atom stereocenters. The van der Waals surface area contributed by atoms with E-state index in [1.807, 2.05) is 0 Å². The second-order valence-corrected chi connectivity index (χ2v) is 13.3. The van der Waals surface area contributed by atoms with Gasteiger partial charge in [-0.05, 0) is 67.3 Å². The van der Waals surface area contributed by atoms with E-state index >= 15 is 0 Å². The molecule has 216 valence electrons. The number of anilines is 1. The van der Waals surface area contributed by atoms with Crippen molar-refractivity contribution in [2.75, 3.05) is 17.8 Å². The molecule has 0 spiro atoms.